The van der Waals surface area contributed by atoms with Crippen LogP contribution in [0, 0.1) is 11.8 Å². The van der Waals surface area contributed by atoms with E-state index in [1.54, 1.807) is 47.1 Å². The van der Waals surface area contributed by atoms with E-state index in [9.17, 15) is 24.9 Å². The van der Waals surface area contributed by atoms with E-state index < -0.39 is 61.5 Å². The number of ether oxygens (including phenoxy) is 9. The molecule has 2 aromatic rings. The molecule has 3 saturated heterocycles. The zero-order valence-electron chi connectivity index (χ0n) is 28.3. The van der Waals surface area contributed by atoms with E-state index in [4.69, 9.17) is 42.6 Å². The molecule has 0 aromatic heterocycles. The van der Waals surface area contributed by atoms with Crippen LogP contribution in [-0.2, 0) is 28.5 Å². The average Bonchev–Trinajstić information content (AvgIpc) is 3.69. The van der Waals surface area contributed by atoms with E-state index in [1.165, 1.54) is 7.11 Å². The minimum absolute atomic E-state index is 0.0671. The third kappa shape index (κ3) is 8.31. The molecule has 0 radical (unpaired) electrons. The summed E-state index contributed by atoms with van der Waals surface area (Å²) in [5.74, 6) is 1.09. The highest BCUT2D eigenvalue weighted by atomic mass is 16.7. The van der Waals surface area contributed by atoms with Crippen molar-refractivity contribution in [2.24, 2.45) is 11.8 Å². The van der Waals surface area contributed by atoms with Crippen LogP contribution < -0.4 is 24.3 Å². The van der Waals surface area contributed by atoms with Crippen molar-refractivity contribution in [1.82, 2.24) is 5.32 Å². The fraction of sp³-hybridized carbons (Fsp3) is 0.588. The number of hydrogen-bond donors (Lipinski definition) is 4. The summed E-state index contributed by atoms with van der Waals surface area (Å²) in [6.07, 6.45) is -8.92. The van der Waals surface area contributed by atoms with Gasteiger partial charge in [-0.25, -0.2) is 4.79 Å². The first-order chi connectivity index (χ1) is 23.3. The Hall–Kier alpha value is -3.86. The first-order valence-corrected chi connectivity index (χ1v) is 15.9. The SMILES string of the molecule is COc1ccc([C@@H]2OC[C@H]3[C@@H]2CO[C@@H]3c2ccc(O[C@H]3O[C@H](COC(=O)CNC(=O)OC(C)(C)C)[C@@H](O)[C@H](O)[C@H]3O)c(OC)c2)cc1OC. The van der Waals surface area contributed by atoms with E-state index in [2.05, 4.69) is 5.32 Å². The van der Waals surface area contributed by atoms with Gasteiger partial charge < -0.3 is 63.3 Å². The van der Waals surface area contributed by atoms with Gasteiger partial charge >= 0.3 is 12.1 Å². The molecule has 3 aliphatic rings. The Labute approximate surface area is 284 Å². The molecule has 0 bridgehead atoms. The molecule has 0 saturated carbocycles. The van der Waals surface area contributed by atoms with Crippen molar-refractivity contribution in [1.29, 1.82) is 0 Å². The van der Waals surface area contributed by atoms with Gasteiger partial charge in [0.15, 0.2) is 23.0 Å². The van der Waals surface area contributed by atoms with Gasteiger partial charge in [-0.15, -0.1) is 0 Å². The maximum atomic E-state index is 12.2. The van der Waals surface area contributed by atoms with Crippen LogP contribution in [0.2, 0.25) is 0 Å². The number of esters is 1. The van der Waals surface area contributed by atoms with Crippen molar-refractivity contribution in [3.05, 3.63) is 47.5 Å². The predicted octanol–water partition coefficient (Wildman–Crippen LogP) is 2.04. The zero-order valence-corrected chi connectivity index (χ0v) is 28.3. The van der Waals surface area contributed by atoms with Crippen LogP contribution >= 0.6 is 0 Å². The summed E-state index contributed by atoms with van der Waals surface area (Å²) in [6.45, 7) is 5.01. The Kier molecular flexibility index (Phi) is 11.4. The second kappa shape index (κ2) is 15.4. The molecule has 9 atom stereocenters. The molecule has 0 unspecified atom stereocenters. The highest BCUT2D eigenvalue weighted by Crippen LogP contribution is 2.51. The molecule has 0 spiro atoms. The predicted molar refractivity (Wildman–Crippen MR) is 169 cm³/mol. The average molecular weight is 692 g/mol. The Balaban J connectivity index is 1.21. The normalized spacial score (nSPS) is 29.4. The van der Waals surface area contributed by atoms with Crippen LogP contribution in [0.4, 0.5) is 4.79 Å². The highest BCUT2D eigenvalue weighted by molar-refractivity contribution is 5.78. The number of aliphatic hydroxyl groups excluding tert-OH is 3. The van der Waals surface area contributed by atoms with Gasteiger partial charge in [0.05, 0.1) is 46.8 Å². The fourth-order valence-corrected chi connectivity index (χ4v) is 6.18. The lowest BCUT2D eigenvalue weighted by atomic mass is 9.85. The van der Waals surface area contributed by atoms with Gasteiger partial charge in [-0.1, -0.05) is 12.1 Å². The number of amides is 1. The van der Waals surface area contributed by atoms with Crippen molar-refractivity contribution in [2.45, 2.75) is 69.3 Å². The number of alkyl carbamates (subject to hydrolysis) is 1. The number of nitrogens with one attached hydrogen (secondary N) is 1. The van der Waals surface area contributed by atoms with Gasteiger partial charge in [-0.05, 0) is 56.2 Å². The Morgan fingerprint density at radius 1 is 0.796 bits per heavy atom. The van der Waals surface area contributed by atoms with Gasteiger partial charge in [0.25, 0.3) is 0 Å². The number of rotatable bonds is 11. The standard InChI is InChI=1S/C34H45NO14/c1-34(2,3)49-33(40)35-13-26(36)44-16-25-27(37)28(38)29(39)32(48-25)47-22-10-8-18(12-24(22)43-6)31-20-15-45-30(19(20)14-46-31)17-7-9-21(41-4)23(11-17)42-5/h7-12,19-20,25,27-32,37-39H,13-16H2,1-6H3,(H,35,40)/t19-,20-,25+,27+,28-,29+,30-,31+,32-/m0/s1. The number of carbonyl (C=O) groups excluding carboxylic acids is 2. The lowest BCUT2D eigenvalue weighted by Crippen LogP contribution is -2.60. The number of methoxy groups -OCH3 is 3. The van der Waals surface area contributed by atoms with Gasteiger partial charge in [-0.2, -0.15) is 0 Å². The summed E-state index contributed by atoms with van der Waals surface area (Å²) in [5, 5.41) is 33.9. The van der Waals surface area contributed by atoms with Crippen molar-refractivity contribution in [3.63, 3.8) is 0 Å². The van der Waals surface area contributed by atoms with Crippen LogP contribution in [-0.4, -0.2) is 111 Å². The van der Waals surface area contributed by atoms with Gasteiger partial charge in [-0.3, -0.25) is 4.79 Å². The second-order valence-electron chi connectivity index (χ2n) is 13.0. The van der Waals surface area contributed by atoms with E-state index in [0.29, 0.717) is 30.5 Å². The maximum Gasteiger partial charge on any atom is 0.408 e. The largest absolute Gasteiger partial charge is 0.493 e. The lowest BCUT2D eigenvalue weighted by molar-refractivity contribution is -0.278. The van der Waals surface area contributed by atoms with E-state index in [0.717, 1.165) is 11.1 Å². The Morgan fingerprint density at radius 2 is 1.35 bits per heavy atom. The van der Waals surface area contributed by atoms with Gasteiger partial charge in [0.2, 0.25) is 6.29 Å². The number of aliphatic hydroxyl groups is 3. The summed E-state index contributed by atoms with van der Waals surface area (Å²) < 4.78 is 50.8. The number of benzene rings is 2. The molecule has 2 aromatic carbocycles. The van der Waals surface area contributed by atoms with Crippen molar-refractivity contribution < 1.29 is 67.5 Å². The van der Waals surface area contributed by atoms with Crippen LogP contribution in [0.3, 0.4) is 0 Å². The van der Waals surface area contributed by atoms with Crippen LogP contribution in [0.1, 0.15) is 44.1 Å². The quantitative estimate of drug-likeness (QED) is 0.251. The zero-order chi connectivity index (χ0) is 35.5. The summed E-state index contributed by atoms with van der Waals surface area (Å²) in [6, 6.07) is 11.0. The van der Waals surface area contributed by atoms with Crippen molar-refractivity contribution in [2.75, 3.05) is 47.7 Å². The Bertz CT molecular complexity index is 1460. The van der Waals surface area contributed by atoms with Crippen molar-refractivity contribution >= 4 is 12.1 Å². The van der Waals surface area contributed by atoms with Crippen LogP contribution in [0.25, 0.3) is 0 Å². The fourth-order valence-electron chi connectivity index (χ4n) is 6.18. The molecule has 3 aliphatic heterocycles. The number of carbonyl (C=O) groups is 2. The summed E-state index contributed by atoms with van der Waals surface area (Å²) in [7, 11) is 4.64. The molecule has 15 nitrogen and oxygen atoms in total. The summed E-state index contributed by atoms with van der Waals surface area (Å²) in [4.78, 5) is 24.0. The smallest absolute Gasteiger partial charge is 0.408 e. The molecule has 3 heterocycles. The molecule has 3 fully saturated rings. The minimum atomic E-state index is -1.68. The van der Waals surface area contributed by atoms with Crippen LogP contribution in [0.5, 0.6) is 23.0 Å². The molecule has 49 heavy (non-hydrogen) atoms. The second-order valence-corrected chi connectivity index (χ2v) is 13.0. The van der Waals surface area contributed by atoms with Crippen LogP contribution in [0.15, 0.2) is 36.4 Å². The molecular formula is C34H45NO14. The maximum absolute atomic E-state index is 12.2. The van der Waals surface area contributed by atoms with Gasteiger partial charge in [0.1, 0.15) is 43.2 Å². The first-order valence-electron chi connectivity index (χ1n) is 15.9. The first kappa shape index (κ1) is 36.4. The molecule has 15 heteroatoms. The topological polar surface area (TPSA) is 190 Å². The molecule has 4 N–H and O–H groups in total. The minimum Gasteiger partial charge on any atom is -0.493 e. The lowest BCUT2D eigenvalue weighted by Gasteiger charge is -2.40. The number of hydrogen-bond acceptors (Lipinski definition) is 14. The molecular weight excluding hydrogens is 646 g/mol. The Morgan fingerprint density at radius 3 is 1.90 bits per heavy atom. The summed E-state index contributed by atoms with van der Waals surface area (Å²) in [5.41, 5.74) is 1.05. The van der Waals surface area contributed by atoms with E-state index in [-0.39, 0.29) is 29.8 Å². The number of fused-ring (bicyclic) bond motifs is 1. The third-order valence-corrected chi connectivity index (χ3v) is 8.61. The molecule has 1 amide bonds. The van der Waals surface area contributed by atoms with Crippen molar-refractivity contribution in [3.8, 4) is 23.0 Å². The highest BCUT2D eigenvalue weighted by Gasteiger charge is 2.49. The van der Waals surface area contributed by atoms with E-state index in [1.807, 2.05) is 24.3 Å². The molecule has 0 aliphatic carbocycles. The summed E-state index contributed by atoms with van der Waals surface area (Å²) >= 11 is 0. The van der Waals surface area contributed by atoms with E-state index >= 15 is 0 Å². The third-order valence-electron chi connectivity index (χ3n) is 8.61. The van der Waals surface area contributed by atoms with Gasteiger partial charge in [0, 0.05) is 11.8 Å². The molecule has 5 rings (SSSR count). The molecule has 270 valence electrons. The monoisotopic (exact) mass is 691 g/mol.